The predicted octanol–water partition coefficient (Wildman–Crippen LogP) is 3.64. The molecule has 2 aromatic rings. The standard InChI is InChI=1S/C18H20N2O3S2/c1-13-6-7-15(20-8-4-10-25(20,22)23)12-17(13)19-18(21)14(2)11-16-5-3-9-24-16/h3,5-7,9,11-12H,4,8,10H2,1-2H3,(H,19,21)/b14-11+. The molecular formula is C18H20N2O3S2. The van der Waals surface area contributed by atoms with E-state index in [9.17, 15) is 13.2 Å². The summed E-state index contributed by atoms with van der Waals surface area (Å²) in [6.45, 7) is 4.13. The van der Waals surface area contributed by atoms with E-state index in [0.717, 1.165) is 10.4 Å². The van der Waals surface area contributed by atoms with E-state index in [-0.39, 0.29) is 11.7 Å². The lowest BCUT2D eigenvalue weighted by Gasteiger charge is -2.19. The second-order valence-electron chi connectivity index (χ2n) is 6.04. The highest BCUT2D eigenvalue weighted by Gasteiger charge is 2.28. The number of thiophene rings is 1. The number of benzene rings is 1. The fourth-order valence-corrected chi connectivity index (χ4v) is 4.98. The van der Waals surface area contributed by atoms with Crippen molar-refractivity contribution in [1.82, 2.24) is 0 Å². The van der Waals surface area contributed by atoms with Crippen LogP contribution in [-0.2, 0) is 14.8 Å². The topological polar surface area (TPSA) is 66.5 Å². The third kappa shape index (κ3) is 3.93. The van der Waals surface area contributed by atoms with Gasteiger partial charge in [-0.05, 0) is 55.5 Å². The molecule has 7 heteroatoms. The van der Waals surface area contributed by atoms with Gasteiger partial charge < -0.3 is 5.32 Å². The van der Waals surface area contributed by atoms with Crippen LogP contribution in [0, 0.1) is 6.92 Å². The van der Waals surface area contributed by atoms with Gasteiger partial charge in [-0.25, -0.2) is 8.42 Å². The molecule has 3 rings (SSSR count). The largest absolute Gasteiger partial charge is 0.322 e. The van der Waals surface area contributed by atoms with E-state index in [1.165, 1.54) is 4.31 Å². The molecule has 132 valence electrons. The molecule has 0 aliphatic carbocycles. The smallest absolute Gasteiger partial charge is 0.251 e. The van der Waals surface area contributed by atoms with Crippen molar-refractivity contribution < 1.29 is 13.2 Å². The van der Waals surface area contributed by atoms with Crippen LogP contribution in [0.1, 0.15) is 23.8 Å². The number of anilines is 2. The molecule has 5 nitrogen and oxygen atoms in total. The highest BCUT2D eigenvalue weighted by Crippen LogP contribution is 2.29. The Balaban J connectivity index is 1.83. The van der Waals surface area contributed by atoms with Crippen LogP contribution < -0.4 is 9.62 Å². The van der Waals surface area contributed by atoms with Gasteiger partial charge in [-0.2, -0.15) is 0 Å². The molecule has 1 amide bonds. The molecule has 0 spiro atoms. The number of hydrogen-bond donors (Lipinski definition) is 1. The number of rotatable bonds is 4. The predicted molar refractivity (Wildman–Crippen MR) is 104 cm³/mol. The molecule has 1 saturated heterocycles. The van der Waals surface area contributed by atoms with Gasteiger partial charge in [-0.15, -0.1) is 11.3 Å². The van der Waals surface area contributed by atoms with Gasteiger partial charge in [-0.3, -0.25) is 9.10 Å². The van der Waals surface area contributed by atoms with Crippen LogP contribution in [0.2, 0.25) is 0 Å². The van der Waals surface area contributed by atoms with Crippen molar-refractivity contribution in [3.05, 3.63) is 51.7 Å². The number of carbonyl (C=O) groups is 1. The molecule has 1 N–H and O–H groups in total. The van der Waals surface area contributed by atoms with E-state index in [4.69, 9.17) is 0 Å². The third-order valence-electron chi connectivity index (χ3n) is 4.12. The highest BCUT2D eigenvalue weighted by molar-refractivity contribution is 7.93. The van der Waals surface area contributed by atoms with Crippen LogP contribution >= 0.6 is 11.3 Å². The molecule has 2 heterocycles. The zero-order valence-electron chi connectivity index (χ0n) is 14.2. The number of nitrogens with one attached hydrogen (secondary N) is 1. The average molecular weight is 377 g/mol. The van der Waals surface area contributed by atoms with Crippen LogP contribution in [0.5, 0.6) is 0 Å². The highest BCUT2D eigenvalue weighted by atomic mass is 32.2. The number of hydrogen-bond acceptors (Lipinski definition) is 4. The van der Waals surface area contributed by atoms with Crippen LogP contribution in [0.15, 0.2) is 41.3 Å². The molecule has 1 aliphatic rings. The Hall–Kier alpha value is -2.12. The molecule has 1 aliphatic heterocycles. The normalized spacial score (nSPS) is 16.9. The Labute approximate surface area is 152 Å². The van der Waals surface area contributed by atoms with Crippen molar-refractivity contribution in [3.63, 3.8) is 0 Å². The first-order valence-electron chi connectivity index (χ1n) is 8.01. The number of nitrogens with zero attached hydrogens (tertiary/aromatic N) is 1. The summed E-state index contributed by atoms with van der Waals surface area (Å²) < 4.78 is 25.6. The minimum atomic E-state index is -3.24. The maximum Gasteiger partial charge on any atom is 0.251 e. The molecule has 1 aromatic carbocycles. The Morgan fingerprint density at radius 1 is 1.32 bits per heavy atom. The van der Waals surface area contributed by atoms with Gasteiger partial charge in [0.1, 0.15) is 0 Å². The summed E-state index contributed by atoms with van der Waals surface area (Å²) >= 11 is 1.57. The molecular weight excluding hydrogens is 356 g/mol. The van der Waals surface area contributed by atoms with E-state index >= 15 is 0 Å². The Morgan fingerprint density at radius 3 is 2.76 bits per heavy atom. The van der Waals surface area contributed by atoms with Crippen molar-refractivity contribution in [3.8, 4) is 0 Å². The zero-order valence-corrected chi connectivity index (χ0v) is 15.8. The average Bonchev–Trinajstić information content (AvgIpc) is 3.18. The summed E-state index contributed by atoms with van der Waals surface area (Å²) in [5, 5.41) is 4.85. The van der Waals surface area contributed by atoms with Crippen LogP contribution in [-0.4, -0.2) is 26.6 Å². The molecule has 0 unspecified atom stereocenters. The lowest BCUT2D eigenvalue weighted by atomic mass is 10.1. The first kappa shape index (κ1) is 17.7. The van der Waals surface area contributed by atoms with Gasteiger partial charge in [0.15, 0.2) is 0 Å². The Morgan fingerprint density at radius 2 is 2.12 bits per heavy atom. The van der Waals surface area contributed by atoms with Crippen LogP contribution in [0.3, 0.4) is 0 Å². The zero-order chi connectivity index (χ0) is 18.0. The van der Waals surface area contributed by atoms with Crippen molar-refractivity contribution >= 4 is 44.7 Å². The number of sulfonamides is 1. The van der Waals surface area contributed by atoms with Gasteiger partial charge in [0.2, 0.25) is 10.0 Å². The summed E-state index contributed by atoms with van der Waals surface area (Å²) in [6, 6.07) is 9.23. The van der Waals surface area contributed by atoms with E-state index in [1.54, 1.807) is 30.4 Å². The first-order valence-corrected chi connectivity index (χ1v) is 10.5. The van der Waals surface area contributed by atoms with Crippen molar-refractivity contribution in [2.24, 2.45) is 0 Å². The Kier molecular flexibility index (Phi) is 4.96. The van der Waals surface area contributed by atoms with Gasteiger partial charge in [0.05, 0.1) is 11.4 Å². The summed E-state index contributed by atoms with van der Waals surface area (Å²) in [5.41, 5.74) is 2.71. The van der Waals surface area contributed by atoms with Crippen molar-refractivity contribution in [1.29, 1.82) is 0 Å². The van der Waals surface area contributed by atoms with Crippen LogP contribution in [0.4, 0.5) is 11.4 Å². The molecule has 1 aromatic heterocycles. The van der Waals surface area contributed by atoms with Gasteiger partial charge in [0, 0.05) is 22.7 Å². The molecule has 1 fully saturated rings. The maximum absolute atomic E-state index is 12.4. The second kappa shape index (κ2) is 7.01. The SMILES string of the molecule is C/C(=C\c1cccs1)C(=O)Nc1cc(N2CCCS2(=O)=O)ccc1C. The summed E-state index contributed by atoms with van der Waals surface area (Å²) in [6.07, 6.45) is 2.46. The van der Waals surface area contributed by atoms with E-state index in [1.807, 2.05) is 36.6 Å². The third-order valence-corrected chi connectivity index (χ3v) is 6.81. The number of carbonyl (C=O) groups excluding carboxylic acids is 1. The monoisotopic (exact) mass is 376 g/mol. The minimum absolute atomic E-state index is 0.172. The molecule has 0 bridgehead atoms. The van der Waals surface area contributed by atoms with E-state index in [0.29, 0.717) is 29.9 Å². The fraction of sp³-hybridized carbons (Fsp3) is 0.278. The van der Waals surface area contributed by atoms with E-state index in [2.05, 4.69) is 5.32 Å². The molecule has 0 saturated carbocycles. The van der Waals surface area contributed by atoms with Crippen LogP contribution in [0.25, 0.3) is 6.08 Å². The van der Waals surface area contributed by atoms with E-state index < -0.39 is 10.0 Å². The van der Waals surface area contributed by atoms with Gasteiger partial charge >= 0.3 is 0 Å². The molecule has 0 radical (unpaired) electrons. The lowest BCUT2D eigenvalue weighted by Crippen LogP contribution is -2.25. The maximum atomic E-state index is 12.4. The molecule has 0 atom stereocenters. The van der Waals surface area contributed by atoms with Gasteiger partial charge in [-0.1, -0.05) is 12.1 Å². The summed E-state index contributed by atoms with van der Waals surface area (Å²) in [4.78, 5) is 13.5. The number of amides is 1. The minimum Gasteiger partial charge on any atom is -0.322 e. The van der Waals surface area contributed by atoms with Crippen molar-refractivity contribution in [2.75, 3.05) is 21.9 Å². The first-order chi connectivity index (χ1) is 11.9. The summed E-state index contributed by atoms with van der Waals surface area (Å²) in [7, 11) is -3.24. The second-order valence-corrected chi connectivity index (χ2v) is 9.03. The summed E-state index contributed by atoms with van der Waals surface area (Å²) in [5.74, 6) is -0.0245. The van der Waals surface area contributed by atoms with Gasteiger partial charge in [0.25, 0.3) is 5.91 Å². The number of aryl methyl sites for hydroxylation is 1. The fourth-order valence-electron chi connectivity index (χ4n) is 2.70. The molecule has 25 heavy (non-hydrogen) atoms. The quantitative estimate of drug-likeness (QED) is 0.829. The lowest BCUT2D eigenvalue weighted by molar-refractivity contribution is -0.112. The van der Waals surface area contributed by atoms with Crippen molar-refractivity contribution in [2.45, 2.75) is 20.3 Å². The Bertz CT molecular complexity index is 916.